The first-order valence-corrected chi connectivity index (χ1v) is 6.69. The van der Waals surface area contributed by atoms with Crippen LogP contribution in [0.3, 0.4) is 0 Å². The number of piperazine rings is 1. The fraction of sp³-hybridized carbons (Fsp3) is 0.429. The van der Waals surface area contributed by atoms with Gasteiger partial charge in [-0.3, -0.25) is 0 Å². The molecule has 0 saturated carbocycles. The zero-order valence-corrected chi connectivity index (χ0v) is 10.8. The lowest BCUT2D eigenvalue weighted by molar-refractivity contribution is 0.589. The molecule has 17 heavy (non-hydrogen) atoms. The molecule has 0 spiro atoms. The summed E-state index contributed by atoms with van der Waals surface area (Å²) in [6, 6.07) is 8.53. The van der Waals surface area contributed by atoms with Crippen LogP contribution in [-0.4, -0.2) is 31.9 Å². The largest absolute Gasteiger partial charge is 0.369 e. The highest BCUT2D eigenvalue weighted by Crippen LogP contribution is 2.15. The van der Waals surface area contributed by atoms with Crippen LogP contribution < -0.4 is 10.2 Å². The number of benzene rings is 1. The van der Waals surface area contributed by atoms with Crippen molar-refractivity contribution in [1.82, 2.24) is 5.32 Å². The van der Waals surface area contributed by atoms with Crippen LogP contribution >= 0.6 is 12.6 Å². The Morgan fingerprint density at radius 1 is 1.18 bits per heavy atom. The molecule has 1 heterocycles. The Kier molecular flexibility index (Phi) is 4.78. The van der Waals surface area contributed by atoms with E-state index < -0.39 is 0 Å². The summed E-state index contributed by atoms with van der Waals surface area (Å²) in [6.45, 7) is 4.32. The summed E-state index contributed by atoms with van der Waals surface area (Å²) in [5.74, 6) is 7.07. The molecule has 1 aromatic rings. The molecule has 1 fully saturated rings. The minimum Gasteiger partial charge on any atom is -0.369 e. The van der Waals surface area contributed by atoms with Gasteiger partial charge in [-0.15, -0.1) is 0 Å². The number of nitrogens with one attached hydrogen (secondary N) is 1. The first-order valence-electron chi connectivity index (χ1n) is 6.05. The van der Waals surface area contributed by atoms with Gasteiger partial charge in [0.1, 0.15) is 0 Å². The van der Waals surface area contributed by atoms with Crippen LogP contribution in [0.4, 0.5) is 5.69 Å². The second-order valence-electron chi connectivity index (χ2n) is 4.06. The van der Waals surface area contributed by atoms with Gasteiger partial charge in [-0.2, -0.15) is 12.6 Å². The number of nitrogens with zero attached hydrogens (tertiary/aromatic N) is 1. The molecule has 2 nitrogen and oxygen atoms in total. The number of hydrogen-bond donors (Lipinski definition) is 2. The first kappa shape index (κ1) is 12.3. The molecule has 3 heteroatoms. The summed E-state index contributed by atoms with van der Waals surface area (Å²) in [6.07, 6.45) is 0.850. The second kappa shape index (κ2) is 6.58. The van der Waals surface area contributed by atoms with Crippen molar-refractivity contribution in [3.8, 4) is 11.8 Å². The second-order valence-corrected chi connectivity index (χ2v) is 4.51. The van der Waals surface area contributed by atoms with Gasteiger partial charge < -0.3 is 10.2 Å². The van der Waals surface area contributed by atoms with Crippen LogP contribution in [0.1, 0.15) is 12.0 Å². The fourth-order valence-corrected chi connectivity index (χ4v) is 2.01. The van der Waals surface area contributed by atoms with Crippen molar-refractivity contribution in [1.29, 1.82) is 0 Å². The lowest BCUT2D eigenvalue weighted by Gasteiger charge is -2.29. The normalized spacial score (nSPS) is 15.2. The highest BCUT2D eigenvalue weighted by molar-refractivity contribution is 7.80. The first-order chi connectivity index (χ1) is 8.40. The predicted octanol–water partition coefficient (Wildman–Crippen LogP) is 1.77. The number of thiol groups is 1. The van der Waals surface area contributed by atoms with Crippen LogP contribution in [0, 0.1) is 11.8 Å². The molecule has 90 valence electrons. The van der Waals surface area contributed by atoms with Crippen molar-refractivity contribution in [3.05, 3.63) is 29.8 Å². The minimum atomic E-state index is 0.825. The summed E-state index contributed by atoms with van der Waals surface area (Å²) in [4.78, 5) is 2.40. The standard InChI is InChI=1S/C14H18N2S/c17-12-2-1-3-13-4-6-14(7-5-13)16-10-8-15-9-11-16/h4-7,15,17H,2,8-12H2. The summed E-state index contributed by atoms with van der Waals surface area (Å²) < 4.78 is 0. The zero-order chi connectivity index (χ0) is 11.9. The fourth-order valence-electron chi connectivity index (χ4n) is 1.90. The van der Waals surface area contributed by atoms with E-state index in [2.05, 4.69) is 59.0 Å². The number of hydrogen-bond acceptors (Lipinski definition) is 3. The maximum atomic E-state index is 4.14. The van der Waals surface area contributed by atoms with Crippen LogP contribution in [0.25, 0.3) is 0 Å². The average Bonchev–Trinajstić information content (AvgIpc) is 2.41. The molecular weight excluding hydrogens is 228 g/mol. The predicted molar refractivity (Wildman–Crippen MR) is 76.9 cm³/mol. The Bertz CT molecular complexity index is 396. The Balaban J connectivity index is 2.00. The molecule has 0 bridgehead atoms. The van der Waals surface area contributed by atoms with Crippen LogP contribution in [0.15, 0.2) is 24.3 Å². The lowest BCUT2D eigenvalue weighted by atomic mass is 10.2. The third-order valence-electron chi connectivity index (χ3n) is 2.82. The van der Waals surface area contributed by atoms with E-state index in [0.29, 0.717) is 0 Å². The van der Waals surface area contributed by atoms with E-state index in [0.717, 1.165) is 43.9 Å². The van der Waals surface area contributed by atoms with Crippen LogP contribution in [0.2, 0.25) is 0 Å². The van der Waals surface area contributed by atoms with E-state index in [1.807, 2.05) is 0 Å². The lowest BCUT2D eigenvalue weighted by Crippen LogP contribution is -2.43. The van der Waals surface area contributed by atoms with Gasteiger partial charge in [0, 0.05) is 49.6 Å². The van der Waals surface area contributed by atoms with Gasteiger partial charge in [0.25, 0.3) is 0 Å². The summed E-state index contributed by atoms with van der Waals surface area (Å²) in [7, 11) is 0. The molecule has 2 rings (SSSR count). The van der Waals surface area contributed by atoms with Crippen LogP contribution in [-0.2, 0) is 0 Å². The number of anilines is 1. The molecule has 1 saturated heterocycles. The van der Waals surface area contributed by atoms with Gasteiger partial charge >= 0.3 is 0 Å². The summed E-state index contributed by atoms with van der Waals surface area (Å²) in [5, 5.41) is 3.36. The molecule has 0 aromatic heterocycles. The van der Waals surface area contributed by atoms with Crippen LogP contribution in [0.5, 0.6) is 0 Å². The van der Waals surface area contributed by atoms with E-state index >= 15 is 0 Å². The molecule has 0 amide bonds. The van der Waals surface area contributed by atoms with Gasteiger partial charge in [0.2, 0.25) is 0 Å². The Morgan fingerprint density at radius 3 is 2.53 bits per heavy atom. The topological polar surface area (TPSA) is 15.3 Å². The Hall–Kier alpha value is -1.11. The SMILES string of the molecule is SCCC#Cc1ccc(N2CCNCC2)cc1. The van der Waals surface area contributed by atoms with Crippen molar-refractivity contribution < 1.29 is 0 Å². The zero-order valence-electron chi connectivity index (χ0n) is 9.95. The van der Waals surface area contributed by atoms with Gasteiger partial charge in [0.05, 0.1) is 0 Å². The minimum absolute atomic E-state index is 0.825. The summed E-state index contributed by atoms with van der Waals surface area (Å²) >= 11 is 4.14. The van der Waals surface area contributed by atoms with Crippen molar-refractivity contribution >= 4 is 18.3 Å². The molecule has 1 N–H and O–H groups in total. The molecular formula is C14H18N2S. The average molecular weight is 246 g/mol. The highest BCUT2D eigenvalue weighted by Gasteiger charge is 2.09. The van der Waals surface area contributed by atoms with E-state index in [1.165, 1.54) is 5.69 Å². The molecule has 1 aromatic carbocycles. The monoisotopic (exact) mass is 246 g/mol. The smallest absolute Gasteiger partial charge is 0.0367 e. The molecule has 0 atom stereocenters. The number of rotatable bonds is 2. The third kappa shape index (κ3) is 3.69. The quantitative estimate of drug-likeness (QED) is 0.611. The molecule has 0 radical (unpaired) electrons. The van der Waals surface area contributed by atoms with Gasteiger partial charge in [0.15, 0.2) is 0 Å². The van der Waals surface area contributed by atoms with Crippen molar-refractivity contribution in [3.63, 3.8) is 0 Å². The molecule has 1 aliphatic heterocycles. The van der Waals surface area contributed by atoms with Gasteiger partial charge in [-0.05, 0) is 24.3 Å². The molecule has 1 aliphatic rings. The van der Waals surface area contributed by atoms with E-state index in [9.17, 15) is 0 Å². The van der Waals surface area contributed by atoms with E-state index in [1.54, 1.807) is 0 Å². The summed E-state index contributed by atoms with van der Waals surface area (Å²) in [5.41, 5.74) is 2.39. The highest BCUT2D eigenvalue weighted by atomic mass is 32.1. The Labute approximate surface area is 109 Å². The van der Waals surface area contributed by atoms with Crippen molar-refractivity contribution in [2.24, 2.45) is 0 Å². The van der Waals surface area contributed by atoms with Gasteiger partial charge in [-0.25, -0.2) is 0 Å². The van der Waals surface area contributed by atoms with Crippen molar-refractivity contribution in [2.75, 3.05) is 36.8 Å². The Morgan fingerprint density at radius 2 is 1.88 bits per heavy atom. The third-order valence-corrected chi connectivity index (χ3v) is 3.04. The van der Waals surface area contributed by atoms with E-state index in [4.69, 9.17) is 0 Å². The van der Waals surface area contributed by atoms with Crippen molar-refractivity contribution in [2.45, 2.75) is 6.42 Å². The van der Waals surface area contributed by atoms with E-state index in [-0.39, 0.29) is 0 Å². The van der Waals surface area contributed by atoms with Gasteiger partial charge in [-0.1, -0.05) is 11.8 Å². The maximum absolute atomic E-state index is 4.14. The maximum Gasteiger partial charge on any atom is 0.0367 e. The molecule has 0 aliphatic carbocycles. The molecule has 0 unspecified atom stereocenters.